The molecule has 0 atom stereocenters. The van der Waals surface area contributed by atoms with Gasteiger partial charge in [0.05, 0.1) is 24.9 Å². The number of anilines is 1. The molecule has 0 aliphatic rings. The number of amides is 1. The zero-order valence-corrected chi connectivity index (χ0v) is 11.1. The lowest BCUT2D eigenvalue weighted by atomic mass is 10.2. The van der Waals surface area contributed by atoms with Crippen molar-refractivity contribution in [3.05, 3.63) is 17.2 Å². The highest BCUT2D eigenvalue weighted by Crippen LogP contribution is 2.35. The van der Waals surface area contributed by atoms with Gasteiger partial charge in [-0.2, -0.15) is 0 Å². The fourth-order valence-corrected chi connectivity index (χ4v) is 1.47. The number of carbonyl (C=O) groups excluding carboxylic acids is 1. The Bertz CT molecular complexity index is 418. The summed E-state index contributed by atoms with van der Waals surface area (Å²) in [7, 11) is 3.03. The maximum Gasteiger partial charge on any atom is 0.227 e. The van der Waals surface area contributed by atoms with Gasteiger partial charge in [0.1, 0.15) is 11.5 Å². The number of benzene rings is 1. The van der Waals surface area contributed by atoms with E-state index >= 15 is 0 Å². The Morgan fingerprint density at radius 2 is 1.82 bits per heavy atom. The van der Waals surface area contributed by atoms with Crippen molar-refractivity contribution in [2.24, 2.45) is 5.92 Å². The lowest BCUT2D eigenvalue weighted by Crippen LogP contribution is -2.18. The Hall–Kier alpha value is -1.42. The Labute approximate surface area is 106 Å². The number of rotatable bonds is 4. The fourth-order valence-electron chi connectivity index (χ4n) is 1.24. The van der Waals surface area contributed by atoms with E-state index in [-0.39, 0.29) is 11.8 Å². The summed E-state index contributed by atoms with van der Waals surface area (Å²) in [4.78, 5) is 11.6. The molecule has 1 aromatic rings. The number of carbonyl (C=O) groups is 1. The van der Waals surface area contributed by atoms with Crippen molar-refractivity contribution < 1.29 is 14.3 Å². The van der Waals surface area contributed by atoms with Crippen molar-refractivity contribution in [1.29, 1.82) is 0 Å². The lowest BCUT2D eigenvalue weighted by molar-refractivity contribution is -0.118. The highest BCUT2D eigenvalue weighted by Gasteiger charge is 2.14. The molecule has 4 nitrogen and oxygen atoms in total. The zero-order valence-electron chi connectivity index (χ0n) is 10.3. The van der Waals surface area contributed by atoms with Crippen LogP contribution in [0.5, 0.6) is 11.5 Å². The number of hydrogen-bond acceptors (Lipinski definition) is 3. The lowest BCUT2D eigenvalue weighted by Gasteiger charge is -2.14. The second-order valence-electron chi connectivity index (χ2n) is 3.83. The van der Waals surface area contributed by atoms with Crippen LogP contribution in [0, 0.1) is 5.92 Å². The molecule has 0 spiro atoms. The summed E-state index contributed by atoms with van der Waals surface area (Å²) in [6.45, 7) is 3.63. The van der Waals surface area contributed by atoms with E-state index in [2.05, 4.69) is 5.32 Å². The van der Waals surface area contributed by atoms with Crippen LogP contribution >= 0.6 is 11.6 Å². The van der Waals surface area contributed by atoms with E-state index in [1.807, 2.05) is 13.8 Å². The summed E-state index contributed by atoms with van der Waals surface area (Å²) in [5.74, 6) is 0.797. The van der Waals surface area contributed by atoms with Gasteiger partial charge >= 0.3 is 0 Å². The van der Waals surface area contributed by atoms with Crippen LogP contribution < -0.4 is 14.8 Å². The Morgan fingerprint density at radius 3 is 2.29 bits per heavy atom. The zero-order chi connectivity index (χ0) is 13.0. The minimum absolute atomic E-state index is 0.0901. The molecule has 1 N–H and O–H groups in total. The van der Waals surface area contributed by atoms with Gasteiger partial charge in [-0.15, -0.1) is 0 Å². The molecule has 0 fully saturated rings. The molecule has 1 amide bonds. The normalized spacial score (nSPS) is 10.2. The van der Waals surface area contributed by atoms with Gasteiger partial charge in [0.2, 0.25) is 5.91 Å². The molecule has 0 aliphatic carbocycles. The van der Waals surface area contributed by atoms with E-state index < -0.39 is 0 Å². The second kappa shape index (κ2) is 5.77. The summed E-state index contributed by atoms with van der Waals surface area (Å²) >= 11 is 5.96. The molecule has 1 rings (SSSR count). The summed E-state index contributed by atoms with van der Waals surface area (Å²) in [5.41, 5.74) is 0.549. The highest BCUT2D eigenvalue weighted by atomic mass is 35.5. The minimum Gasteiger partial charge on any atom is -0.495 e. The molecule has 0 unspecified atom stereocenters. The first-order valence-electron chi connectivity index (χ1n) is 5.22. The molecule has 94 valence electrons. The number of methoxy groups -OCH3 is 2. The molecular weight excluding hydrogens is 242 g/mol. The van der Waals surface area contributed by atoms with Crippen LogP contribution in [0.3, 0.4) is 0 Å². The third-order valence-corrected chi connectivity index (χ3v) is 2.55. The first kappa shape index (κ1) is 13.6. The fraction of sp³-hybridized carbons (Fsp3) is 0.417. The van der Waals surface area contributed by atoms with E-state index in [0.717, 1.165) is 0 Å². The second-order valence-corrected chi connectivity index (χ2v) is 4.24. The predicted octanol–water partition coefficient (Wildman–Crippen LogP) is 2.95. The van der Waals surface area contributed by atoms with Gasteiger partial charge in [0, 0.05) is 18.1 Å². The summed E-state index contributed by atoms with van der Waals surface area (Å²) < 4.78 is 10.2. The molecule has 0 saturated heterocycles. The van der Waals surface area contributed by atoms with Gasteiger partial charge in [0.25, 0.3) is 0 Å². The van der Waals surface area contributed by atoms with Crippen LogP contribution in [0.1, 0.15) is 13.8 Å². The quantitative estimate of drug-likeness (QED) is 0.902. The maximum atomic E-state index is 11.6. The van der Waals surface area contributed by atoms with Crippen LogP contribution in [0.25, 0.3) is 0 Å². The number of halogens is 1. The number of nitrogens with one attached hydrogen (secondary N) is 1. The first-order valence-corrected chi connectivity index (χ1v) is 5.59. The third-order valence-electron chi connectivity index (χ3n) is 2.26. The molecule has 0 saturated carbocycles. The van der Waals surface area contributed by atoms with E-state index in [1.165, 1.54) is 14.2 Å². The standard InChI is InChI=1S/C12H16ClNO3/c1-7(2)12(15)14-9-6-10(16-3)8(13)5-11(9)17-4/h5-7H,1-4H3,(H,14,15). The average Bonchev–Trinajstić information content (AvgIpc) is 2.30. The smallest absolute Gasteiger partial charge is 0.227 e. The van der Waals surface area contributed by atoms with Crippen LogP contribution in [0.2, 0.25) is 5.02 Å². The maximum absolute atomic E-state index is 11.6. The van der Waals surface area contributed by atoms with E-state index in [9.17, 15) is 4.79 Å². The van der Waals surface area contributed by atoms with Crippen molar-refractivity contribution in [3.63, 3.8) is 0 Å². The Kier molecular flexibility index (Phi) is 4.63. The Morgan fingerprint density at radius 1 is 1.24 bits per heavy atom. The topological polar surface area (TPSA) is 47.6 Å². The van der Waals surface area contributed by atoms with Crippen LogP contribution in [0.4, 0.5) is 5.69 Å². The van der Waals surface area contributed by atoms with Crippen molar-refractivity contribution in [3.8, 4) is 11.5 Å². The number of ether oxygens (including phenoxy) is 2. The van der Waals surface area contributed by atoms with E-state index in [4.69, 9.17) is 21.1 Å². The van der Waals surface area contributed by atoms with Gasteiger partial charge in [-0.1, -0.05) is 25.4 Å². The van der Waals surface area contributed by atoms with Crippen molar-refractivity contribution in [2.75, 3.05) is 19.5 Å². The molecule has 0 radical (unpaired) electrons. The van der Waals surface area contributed by atoms with Crippen LogP contribution in [-0.2, 0) is 4.79 Å². The summed E-state index contributed by atoms with van der Waals surface area (Å²) in [5, 5.41) is 3.20. The molecular formula is C12H16ClNO3. The monoisotopic (exact) mass is 257 g/mol. The van der Waals surface area contributed by atoms with Gasteiger partial charge < -0.3 is 14.8 Å². The molecule has 0 aromatic heterocycles. The Balaban J connectivity index is 3.08. The molecule has 0 heterocycles. The van der Waals surface area contributed by atoms with Gasteiger partial charge in [-0.05, 0) is 0 Å². The summed E-state index contributed by atoms with van der Waals surface area (Å²) in [6.07, 6.45) is 0. The molecule has 5 heteroatoms. The van der Waals surface area contributed by atoms with Gasteiger partial charge in [0.15, 0.2) is 0 Å². The SMILES string of the molecule is COc1cc(NC(=O)C(C)C)c(OC)cc1Cl. The van der Waals surface area contributed by atoms with Crippen molar-refractivity contribution in [2.45, 2.75) is 13.8 Å². The van der Waals surface area contributed by atoms with E-state index in [0.29, 0.717) is 22.2 Å². The average molecular weight is 258 g/mol. The van der Waals surface area contributed by atoms with E-state index in [1.54, 1.807) is 12.1 Å². The molecule has 1 aromatic carbocycles. The largest absolute Gasteiger partial charge is 0.495 e. The van der Waals surface area contributed by atoms with Crippen LogP contribution in [0.15, 0.2) is 12.1 Å². The number of hydrogen-bond donors (Lipinski definition) is 1. The third kappa shape index (κ3) is 3.27. The van der Waals surface area contributed by atoms with Gasteiger partial charge in [-0.3, -0.25) is 4.79 Å². The minimum atomic E-state index is -0.110. The van der Waals surface area contributed by atoms with Crippen molar-refractivity contribution >= 4 is 23.2 Å². The summed E-state index contributed by atoms with van der Waals surface area (Å²) in [6, 6.07) is 3.25. The van der Waals surface area contributed by atoms with Crippen LogP contribution in [-0.4, -0.2) is 20.1 Å². The molecule has 17 heavy (non-hydrogen) atoms. The van der Waals surface area contributed by atoms with Crippen molar-refractivity contribution in [1.82, 2.24) is 0 Å². The van der Waals surface area contributed by atoms with Gasteiger partial charge in [-0.25, -0.2) is 0 Å². The molecule has 0 bridgehead atoms. The molecule has 0 aliphatic heterocycles. The predicted molar refractivity (Wildman–Crippen MR) is 68.0 cm³/mol. The first-order chi connectivity index (χ1) is 7.99. The highest BCUT2D eigenvalue weighted by molar-refractivity contribution is 6.32.